The fraction of sp³-hybridized carbons (Fsp3) is 0.667. The first-order valence-electron chi connectivity index (χ1n) is 7.71. The molecule has 1 saturated heterocycles. The first-order chi connectivity index (χ1) is 11.7. The average molecular weight is 363 g/mol. The van der Waals surface area contributed by atoms with Crippen LogP contribution < -0.4 is 0 Å². The zero-order valence-electron chi connectivity index (χ0n) is 13.7. The van der Waals surface area contributed by atoms with Gasteiger partial charge in [0.2, 0.25) is 0 Å². The van der Waals surface area contributed by atoms with Crippen molar-refractivity contribution in [3.8, 4) is 0 Å². The lowest BCUT2D eigenvalue weighted by Crippen LogP contribution is -2.52. The molecule has 2 N–H and O–H groups in total. The monoisotopic (exact) mass is 363 g/mol. The molecule has 2 heterocycles. The van der Waals surface area contributed by atoms with Crippen molar-refractivity contribution in [3.05, 3.63) is 18.1 Å². The van der Waals surface area contributed by atoms with E-state index < -0.39 is 36.1 Å². The Morgan fingerprint density at radius 1 is 1.36 bits per heavy atom. The van der Waals surface area contributed by atoms with Crippen LogP contribution in [0.25, 0.3) is 0 Å². The molecule has 0 radical (unpaired) electrons. The highest BCUT2D eigenvalue weighted by Gasteiger charge is 2.38. The molecule has 1 aliphatic heterocycles. The smallest absolute Gasteiger partial charge is 0.390 e. The standard InChI is InChI=1S/C15H20F3N3O4/c1-8(2)24-7-10-14(23)13(22)9(6-25-10)3-20-12-5-19-4-11(21-12)15(16,17)18/h3-5,8-10,13-14,22-23H,6-7H2,1-2H3/t9?,10-,13-,14+/m1/s1. The minimum atomic E-state index is -4.62. The highest BCUT2D eigenvalue weighted by atomic mass is 19.4. The number of aliphatic imine (C=N–C) groups is 1. The van der Waals surface area contributed by atoms with E-state index >= 15 is 0 Å². The number of alkyl halides is 3. The van der Waals surface area contributed by atoms with E-state index in [1.54, 1.807) is 0 Å². The van der Waals surface area contributed by atoms with Gasteiger partial charge in [0.05, 0.1) is 37.8 Å². The number of hydrogen-bond donors (Lipinski definition) is 2. The maximum atomic E-state index is 12.6. The van der Waals surface area contributed by atoms with E-state index in [0.29, 0.717) is 6.20 Å². The van der Waals surface area contributed by atoms with E-state index in [1.165, 1.54) is 6.21 Å². The van der Waals surface area contributed by atoms with Gasteiger partial charge in [0.1, 0.15) is 12.2 Å². The Kier molecular flexibility index (Phi) is 6.44. The highest BCUT2D eigenvalue weighted by Crippen LogP contribution is 2.28. The molecule has 1 aromatic rings. The maximum Gasteiger partial charge on any atom is 0.434 e. The van der Waals surface area contributed by atoms with Gasteiger partial charge >= 0.3 is 6.18 Å². The van der Waals surface area contributed by atoms with E-state index in [4.69, 9.17) is 9.47 Å². The Morgan fingerprint density at radius 2 is 2.08 bits per heavy atom. The molecule has 0 spiro atoms. The van der Waals surface area contributed by atoms with E-state index in [9.17, 15) is 23.4 Å². The van der Waals surface area contributed by atoms with E-state index in [0.717, 1.165) is 6.20 Å². The Labute approximate surface area is 142 Å². The molecular formula is C15H20F3N3O4. The molecule has 0 bridgehead atoms. The van der Waals surface area contributed by atoms with Crippen LogP contribution in [0.2, 0.25) is 0 Å². The van der Waals surface area contributed by atoms with Crippen molar-refractivity contribution < 1.29 is 32.9 Å². The normalized spacial score (nSPS) is 28.0. The van der Waals surface area contributed by atoms with Gasteiger partial charge in [0.25, 0.3) is 0 Å². The number of aliphatic hydroxyl groups is 2. The van der Waals surface area contributed by atoms with Gasteiger partial charge in [-0.05, 0) is 13.8 Å². The summed E-state index contributed by atoms with van der Waals surface area (Å²) in [5, 5.41) is 20.2. The Hall–Kier alpha value is -1.62. The minimum absolute atomic E-state index is 0.0419. The van der Waals surface area contributed by atoms with Crippen LogP contribution in [0.1, 0.15) is 19.5 Å². The number of rotatable bonds is 5. The van der Waals surface area contributed by atoms with Crippen molar-refractivity contribution in [2.24, 2.45) is 10.9 Å². The van der Waals surface area contributed by atoms with Gasteiger partial charge < -0.3 is 19.7 Å². The summed E-state index contributed by atoms with van der Waals surface area (Å²) >= 11 is 0. The fourth-order valence-electron chi connectivity index (χ4n) is 2.20. The van der Waals surface area contributed by atoms with Crippen molar-refractivity contribution in [2.45, 2.75) is 44.4 Å². The molecule has 7 nitrogen and oxygen atoms in total. The molecule has 0 amide bonds. The molecule has 0 saturated carbocycles. The van der Waals surface area contributed by atoms with Gasteiger partial charge in [-0.15, -0.1) is 0 Å². The van der Waals surface area contributed by atoms with E-state index in [-0.39, 0.29) is 25.1 Å². The first kappa shape index (κ1) is 19.7. The SMILES string of the molecule is CC(C)OC[C@H]1OCC(C=Nc2cncc(C(F)(F)F)n2)[C@@H](O)[C@H]1O. The van der Waals surface area contributed by atoms with Crippen LogP contribution in [0, 0.1) is 5.92 Å². The summed E-state index contributed by atoms with van der Waals surface area (Å²) < 4.78 is 48.6. The third kappa shape index (κ3) is 5.43. The molecule has 1 aliphatic rings. The predicted octanol–water partition coefficient (Wildman–Crippen LogP) is 1.36. The van der Waals surface area contributed by atoms with E-state index in [1.807, 2.05) is 13.8 Å². The van der Waals surface area contributed by atoms with Crippen LogP contribution in [0.15, 0.2) is 17.4 Å². The van der Waals surface area contributed by atoms with Crippen molar-refractivity contribution in [1.29, 1.82) is 0 Å². The molecule has 2 rings (SSSR count). The van der Waals surface area contributed by atoms with Crippen molar-refractivity contribution >= 4 is 12.0 Å². The third-order valence-electron chi connectivity index (χ3n) is 3.58. The van der Waals surface area contributed by atoms with Crippen molar-refractivity contribution in [2.75, 3.05) is 13.2 Å². The summed E-state index contributed by atoms with van der Waals surface area (Å²) in [7, 11) is 0. The Bertz CT molecular complexity index is 598. The van der Waals surface area contributed by atoms with Gasteiger partial charge in [0, 0.05) is 12.1 Å². The predicted molar refractivity (Wildman–Crippen MR) is 81.5 cm³/mol. The zero-order chi connectivity index (χ0) is 18.6. The lowest BCUT2D eigenvalue weighted by molar-refractivity contribution is -0.170. The van der Waals surface area contributed by atoms with Gasteiger partial charge in [-0.2, -0.15) is 13.2 Å². The maximum absolute atomic E-state index is 12.6. The topological polar surface area (TPSA) is 97.1 Å². The summed E-state index contributed by atoms with van der Waals surface area (Å²) in [4.78, 5) is 10.6. The molecule has 0 aromatic carbocycles. The summed E-state index contributed by atoms with van der Waals surface area (Å²) in [5.74, 6) is -0.941. The van der Waals surface area contributed by atoms with Crippen LogP contribution in [-0.2, 0) is 15.7 Å². The molecule has 140 valence electrons. The van der Waals surface area contributed by atoms with E-state index in [2.05, 4.69) is 15.0 Å². The second-order valence-corrected chi connectivity index (χ2v) is 5.94. The molecule has 1 aromatic heterocycles. The summed E-state index contributed by atoms with van der Waals surface area (Å²) in [6.07, 6.45) is -4.86. The average Bonchev–Trinajstić information content (AvgIpc) is 2.54. The van der Waals surface area contributed by atoms with Crippen LogP contribution in [-0.4, -0.2) is 64.0 Å². The van der Waals surface area contributed by atoms with Gasteiger partial charge in [0.15, 0.2) is 11.5 Å². The first-order valence-corrected chi connectivity index (χ1v) is 7.71. The Balaban J connectivity index is 2.00. The second kappa shape index (κ2) is 8.17. The Morgan fingerprint density at radius 3 is 2.72 bits per heavy atom. The van der Waals surface area contributed by atoms with Gasteiger partial charge in [-0.1, -0.05) is 0 Å². The number of aliphatic hydroxyl groups excluding tert-OH is 2. The number of aromatic nitrogens is 2. The van der Waals surface area contributed by atoms with Crippen molar-refractivity contribution in [1.82, 2.24) is 9.97 Å². The van der Waals surface area contributed by atoms with Crippen molar-refractivity contribution in [3.63, 3.8) is 0 Å². The molecular weight excluding hydrogens is 343 g/mol. The number of halogens is 3. The molecule has 1 fully saturated rings. The lowest BCUT2D eigenvalue weighted by atomic mass is 9.93. The van der Waals surface area contributed by atoms with Crippen LogP contribution >= 0.6 is 0 Å². The number of nitrogens with zero attached hydrogens (tertiary/aromatic N) is 3. The fourth-order valence-corrected chi connectivity index (χ4v) is 2.20. The molecule has 10 heteroatoms. The number of hydrogen-bond acceptors (Lipinski definition) is 7. The summed E-state index contributed by atoms with van der Waals surface area (Å²) in [6, 6.07) is 0. The second-order valence-electron chi connectivity index (χ2n) is 5.94. The molecule has 0 aliphatic carbocycles. The molecule has 25 heavy (non-hydrogen) atoms. The third-order valence-corrected chi connectivity index (χ3v) is 3.58. The van der Waals surface area contributed by atoms with Crippen LogP contribution in [0.4, 0.5) is 19.0 Å². The lowest BCUT2D eigenvalue weighted by Gasteiger charge is -2.36. The minimum Gasteiger partial charge on any atom is -0.390 e. The molecule has 1 unspecified atom stereocenters. The van der Waals surface area contributed by atoms with Gasteiger partial charge in [-0.3, -0.25) is 4.98 Å². The largest absolute Gasteiger partial charge is 0.434 e. The van der Waals surface area contributed by atoms with Crippen LogP contribution in [0.3, 0.4) is 0 Å². The summed E-state index contributed by atoms with van der Waals surface area (Å²) in [6.45, 7) is 3.83. The van der Waals surface area contributed by atoms with Gasteiger partial charge in [-0.25, -0.2) is 9.98 Å². The highest BCUT2D eigenvalue weighted by molar-refractivity contribution is 5.65. The molecule has 4 atom stereocenters. The quantitative estimate of drug-likeness (QED) is 0.767. The number of ether oxygens (including phenoxy) is 2. The summed E-state index contributed by atoms with van der Waals surface area (Å²) in [5.41, 5.74) is -1.16. The van der Waals surface area contributed by atoms with Crippen LogP contribution in [0.5, 0.6) is 0 Å². The zero-order valence-corrected chi connectivity index (χ0v) is 13.7.